The van der Waals surface area contributed by atoms with E-state index in [0.717, 1.165) is 92.7 Å². The number of unbranched alkanes of at least 4 members (excludes halogenated alkanes) is 1. The fraction of sp³-hybridized carbons (Fsp3) is 0.531. The highest BCUT2D eigenvalue weighted by molar-refractivity contribution is 7.14. The van der Waals surface area contributed by atoms with E-state index in [1.54, 1.807) is 11.3 Å². The van der Waals surface area contributed by atoms with Crippen molar-refractivity contribution in [3.8, 4) is 17.0 Å². The van der Waals surface area contributed by atoms with E-state index in [1.807, 2.05) is 12.1 Å². The van der Waals surface area contributed by atoms with Gasteiger partial charge in [0.2, 0.25) is 0 Å². The highest BCUT2D eigenvalue weighted by Gasteiger charge is 2.24. The van der Waals surface area contributed by atoms with Crippen LogP contribution in [0.25, 0.3) is 11.3 Å². The van der Waals surface area contributed by atoms with Gasteiger partial charge < -0.3 is 15.0 Å². The molecule has 3 aromatic rings. The van der Waals surface area contributed by atoms with Crippen LogP contribution in [-0.2, 0) is 6.54 Å². The van der Waals surface area contributed by atoms with Gasteiger partial charge in [0.15, 0.2) is 5.13 Å². The zero-order valence-corrected chi connectivity index (χ0v) is 26.1. The lowest BCUT2D eigenvalue weighted by atomic mass is 9.92. The van der Waals surface area contributed by atoms with Crippen LogP contribution in [0.1, 0.15) is 51.5 Å². The maximum absolute atomic E-state index is 6.17. The van der Waals surface area contributed by atoms with Crippen LogP contribution < -0.4 is 15.0 Å². The predicted octanol–water partition coefficient (Wildman–Crippen LogP) is 8.01. The number of halogens is 2. The van der Waals surface area contributed by atoms with E-state index >= 15 is 0 Å². The average molecular weight is 602 g/mol. The van der Waals surface area contributed by atoms with E-state index < -0.39 is 0 Å². The Bertz CT molecular complexity index is 1200. The summed E-state index contributed by atoms with van der Waals surface area (Å²) < 4.78 is 6.02. The average Bonchev–Trinajstić information content (AvgIpc) is 3.44. The Kier molecular flexibility index (Phi) is 10.7. The van der Waals surface area contributed by atoms with Gasteiger partial charge in [-0.15, -0.1) is 11.3 Å². The first-order valence-electron chi connectivity index (χ1n) is 14.8. The summed E-state index contributed by atoms with van der Waals surface area (Å²) in [5, 5.41) is 8.34. The monoisotopic (exact) mass is 600 g/mol. The molecule has 2 saturated heterocycles. The Morgan fingerprint density at radius 1 is 0.975 bits per heavy atom. The lowest BCUT2D eigenvalue weighted by Gasteiger charge is -2.34. The fourth-order valence-corrected chi connectivity index (χ4v) is 7.17. The number of hydrogen-bond donors (Lipinski definition) is 1. The van der Waals surface area contributed by atoms with Crippen LogP contribution in [0.3, 0.4) is 0 Å². The Balaban J connectivity index is 0.957. The number of aromatic nitrogens is 1. The van der Waals surface area contributed by atoms with Gasteiger partial charge in [-0.05, 0) is 106 Å². The number of hydrogen-bond acceptors (Lipinski definition) is 6. The van der Waals surface area contributed by atoms with Crippen molar-refractivity contribution >= 4 is 39.7 Å². The van der Waals surface area contributed by atoms with Crippen molar-refractivity contribution in [2.75, 3.05) is 44.2 Å². The molecule has 2 aliphatic rings. The number of thiazole rings is 1. The van der Waals surface area contributed by atoms with Gasteiger partial charge in [0.25, 0.3) is 0 Å². The molecule has 0 amide bonds. The van der Waals surface area contributed by atoms with Crippen molar-refractivity contribution in [3.05, 3.63) is 63.5 Å². The largest absolute Gasteiger partial charge is 0.494 e. The van der Waals surface area contributed by atoms with E-state index in [9.17, 15) is 0 Å². The number of nitrogens with zero attached hydrogens (tertiary/aromatic N) is 3. The van der Waals surface area contributed by atoms with E-state index in [-0.39, 0.29) is 0 Å². The second-order valence-corrected chi connectivity index (χ2v) is 13.4. The molecule has 0 spiro atoms. The SMILES string of the molecule is CC1CC(C)CN(c2nc(-c3ccc(OCCCCNC4CCN(Cc5ccc(Cl)c(Cl)c5)CC4)cc3)cs2)C1. The molecule has 0 saturated carbocycles. The van der Waals surface area contributed by atoms with Crippen molar-refractivity contribution in [2.24, 2.45) is 11.8 Å². The van der Waals surface area contributed by atoms with E-state index in [1.165, 1.54) is 24.8 Å². The van der Waals surface area contributed by atoms with E-state index in [0.29, 0.717) is 16.1 Å². The van der Waals surface area contributed by atoms with Gasteiger partial charge >= 0.3 is 0 Å². The van der Waals surface area contributed by atoms with Crippen molar-refractivity contribution in [1.82, 2.24) is 15.2 Å². The van der Waals surface area contributed by atoms with Crippen LogP contribution in [0.2, 0.25) is 10.0 Å². The molecule has 2 unspecified atom stereocenters. The van der Waals surface area contributed by atoms with Gasteiger partial charge in [0.05, 0.1) is 22.3 Å². The summed E-state index contributed by atoms with van der Waals surface area (Å²) in [5.74, 6) is 2.39. The normalized spacial score (nSPS) is 20.6. The lowest BCUT2D eigenvalue weighted by molar-refractivity contribution is 0.190. The first kappa shape index (κ1) is 29.7. The molecule has 5 nitrogen and oxygen atoms in total. The third-order valence-corrected chi connectivity index (χ3v) is 9.67. The number of anilines is 1. The molecule has 1 N–H and O–H groups in total. The number of rotatable bonds is 11. The smallest absolute Gasteiger partial charge is 0.185 e. The minimum absolute atomic E-state index is 0.603. The maximum Gasteiger partial charge on any atom is 0.185 e. The first-order chi connectivity index (χ1) is 19.4. The molecular weight excluding hydrogens is 559 g/mol. The number of benzene rings is 2. The topological polar surface area (TPSA) is 40.6 Å². The summed E-state index contributed by atoms with van der Waals surface area (Å²) >= 11 is 14.0. The maximum atomic E-state index is 6.17. The van der Waals surface area contributed by atoms with Gasteiger partial charge in [-0.1, -0.05) is 43.1 Å². The van der Waals surface area contributed by atoms with E-state index in [2.05, 4.69) is 64.7 Å². The molecule has 3 heterocycles. The molecule has 0 radical (unpaired) electrons. The highest BCUT2D eigenvalue weighted by atomic mass is 35.5. The number of piperidine rings is 2. The number of likely N-dealkylation sites (tertiary alicyclic amines) is 1. The highest BCUT2D eigenvalue weighted by Crippen LogP contribution is 2.32. The van der Waals surface area contributed by atoms with Crippen LogP contribution in [-0.4, -0.2) is 55.3 Å². The molecule has 2 aromatic carbocycles. The van der Waals surface area contributed by atoms with Crippen molar-refractivity contribution in [1.29, 1.82) is 0 Å². The molecule has 0 bridgehead atoms. The Labute approximate surface area is 253 Å². The second kappa shape index (κ2) is 14.4. The molecule has 40 heavy (non-hydrogen) atoms. The molecule has 0 aliphatic carbocycles. The minimum Gasteiger partial charge on any atom is -0.494 e. The van der Waals surface area contributed by atoms with E-state index in [4.69, 9.17) is 32.9 Å². The van der Waals surface area contributed by atoms with Crippen molar-refractivity contribution < 1.29 is 4.74 Å². The van der Waals surface area contributed by atoms with Gasteiger partial charge in [0.1, 0.15) is 5.75 Å². The summed E-state index contributed by atoms with van der Waals surface area (Å²) in [4.78, 5) is 9.91. The third kappa shape index (κ3) is 8.36. The summed E-state index contributed by atoms with van der Waals surface area (Å²) in [6.45, 7) is 11.9. The number of ether oxygens (including phenoxy) is 1. The van der Waals surface area contributed by atoms with Crippen LogP contribution in [0.4, 0.5) is 5.13 Å². The van der Waals surface area contributed by atoms with Gasteiger partial charge in [-0.2, -0.15) is 0 Å². The Morgan fingerprint density at radius 2 is 1.73 bits per heavy atom. The molecule has 2 aliphatic heterocycles. The Morgan fingerprint density at radius 3 is 2.45 bits per heavy atom. The molecule has 1 aromatic heterocycles. The van der Waals surface area contributed by atoms with Crippen molar-refractivity contribution in [2.45, 2.75) is 58.5 Å². The van der Waals surface area contributed by atoms with Gasteiger partial charge in [-0.25, -0.2) is 4.98 Å². The van der Waals surface area contributed by atoms with Crippen LogP contribution >= 0.6 is 34.5 Å². The molecule has 5 rings (SSSR count). The summed E-state index contributed by atoms with van der Waals surface area (Å²) in [7, 11) is 0. The second-order valence-electron chi connectivity index (χ2n) is 11.7. The van der Waals surface area contributed by atoms with Crippen LogP contribution in [0.5, 0.6) is 5.75 Å². The minimum atomic E-state index is 0.603. The standard InChI is InChI=1S/C32H42Cl2N4OS/c1-23-17-24(2)20-38(19-23)32-36-31(22-40-32)26-6-8-28(9-7-26)39-16-4-3-13-35-27-11-14-37(15-12-27)21-25-5-10-29(33)30(34)18-25/h5-10,18,22-24,27,35H,3-4,11-17,19-21H2,1-2H3. The Hall–Kier alpha value is -1.83. The van der Waals surface area contributed by atoms with Crippen LogP contribution in [0, 0.1) is 11.8 Å². The fourth-order valence-electron chi connectivity index (χ4n) is 6.00. The van der Waals surface area contributed by atoms with Gasteiger partial charge in [0, 0.05) is 36.6 Å². The molecule has 2 fully saturated rings. The predicted molar refractivity (Wildman–Crippen MR) is 170 cm³/mol. The molecule has 8 heteroatoms. The molecule has 216 valence electrons. The zero-order chi connectivity index (χ0) is 27.9. The third-order valence-electron chi connectivity index (χ3n) is 8.03. The lowest BCUT2D eigenvalue weighted by Crippen LogP contribution is -2.42. The zero-order valence-electron chi connectivity index (χ0n) is 23.8. The summed E-state index contributed by atoms with van der Waals surface area (Å²) in [5.41, 5.74) is 3.44. The summed E-state index contributed by atoms with van der Waals surface area (Å²) in [6, 6.07) is 15.0. The summed E-state index contributed by atoms with van der Waals surface area (Å²) in [6.07, 6.45) is 5.85. The first-order valence-corrected chi connectivity index (χ1v) is 16.4. The van der Waals surface area contributed by atoms with Crippen molar-refractivity contribution in [3.63, 3.8) is 0 Å². The molecular formula is C32H42Cl2N4OS. The number of nitrogens with one attached hydrogen (secondary N) is 1. The van der Waals surface area contributed by atoms with Gasteiger partial charge in [-0.3, -0.25) is 4.90 Å². The van der Waals surface area contributed by atoms with Crippen LogP contribution in [0.15, 0.2) is 47.8 Å². The quantitative estimate of drug-likeness (QED) is 0.226. The molecule has 2 atom stereocenters.